The molecule has 0 radical (unpaired) electrons. The number of alkyl halides is 3. The summed E-state index contributed by atoms with van der Waals surface area (Å²) in [7, 11) is -1.00. The van der Waals surface area contributed by atoms with Gasteiger partial charge in [0.05, 0.1) is 38.4 Å². The molecule has 0 aliphatic carbocycles. The van der Waals surface area contributed by atoms with Crippen LogP contribution in [0.3, 0.4) is 0 Å². The maximum atomic E-state index is 15.6. The van der Waals surface area contributed by atoms with E-state index in [9.17, 15) is 9.90 Å². The number of fused-ring (bicyclic) bond motifs is 5. The van der Waals surface area contributed by atoms with Crippen molar-refractivity contribution in [1.29, 1.82) is 0 Å². The number of aryl methyl sites for hydroxylation is 1. The zero-order chi connectivity index (χ0) is 45.4. The number of aliphatic hydroxyl groups is 1. The molecule has 4 aromatic carbocycles. The number of halogens is 3. The molecule has 2 bridgehead atoms. The highest BCUT2D eigenvalue weighted by molar-refractivity contribution is 6.74. The lowest BCUT2D eigenvalue weighted by atomic mass is 9.78. The number of carbonyl (C=O) groups is 2. The number of hydrogen-bond donors (Lipinski definition) is 1. The summed E-state index contributed by atoms with van der Waals surface area (Å²) in [5.41, 5.74) is 5.21. The Hall–Kier alpha value is -4.37. The maximum Gasteiger partial charge on any atom is 0.411 e. The van der Waals surface area contributed by atoms with Gasteiger partial charge in [-0.15, -0.1) is 0 Å². The van der Waals surface area contributed by atoms with Crippen LogP contribution in [-0.2, 0) is 33.6 Å². The number of piperazine rings is 1. The molecule has 1 unspecified atom stereocenters. The summed E-state index contributed by atoms with van der Waals surface area (Å²) >= 11 is 18.4. The molecule has 1 N–H and O–H groups in total. The minimum Gasteiger partial charge on any atom is -0.493 e. The molecule has 0 saturated carbocycles. The second-order valence-electron chi connectivity index (χ2n) is 17.7. The van der Waals surface area contributed by atoms with Gasteiger partial charge in [-0.05, 0) is 60.3 Å². The van der Waals surface area contributed by atoms with E-state index in [2.05, 4.69) is 33.9 Å². The molecule has 7 rings (SSSR count). The van der Waals surface area contributed by atoms with Crippen LogP contribution in [-0.4, -0.2) is 84.8 Å². The van der Waals surface area contributed by atoms with Gasteiger partial charge in [0.15, 0.2) is 31.3 Å². The van der Waals surface area contributed by atoms with Crippen LogP contribution in [0.5, 0.6) is 28.7 Å². The molecule has 12 nitrogen and oxygen atoms in total. The van der Waals surface area contributed by atoms with Gasteiger partial charge < -0.3 is 42.9 Å². The number of rotatable bonds is 14. The summed E-state index contributed by atoms with van der Waals surface area (Å²) in [5.74, 6) is 1.74. The summed E-state index contributed by atoms with van der Waals surface area (Å²) in [6.07, 6.45) is -0.798. The highest BCUT2D eigenvalue weighted by Gasteiger charge is 2.57. The Balaban J connectivity index is 1.43. The average molecular weight is 942 g/mol. The third-order valence-corrected chi connectivity index (χ3v) is 17.4. The summed E-state index contributed by atoms with van der Waals surface area (Å²) in [4.78, 5) is 33.3. The van der Waals surface area contributed by atoms with E-state index in [-0.39, 0.29) is 38.1 Å². The van der Waals surface area contributed by atoms with Crippen LogP contribution in [0.2, 0.25) is 18.1 Å². The van der Waals surface area contributed by atoms with Gasteiger partial charge in [-0.25, -0.2) is 4.79 Å². The standard InChI is InChI=1S/C47H55Cl3N2O10Si/c1-28-19-32-20-34-44(54)51(35(22-53)33-21-37(29(2)41-42(33)61-27-60-41)57-23-30-15-11-9-12-16-30)36(25-62-63(7,8)46(3,4)5)39(52(34)45(55)59-26-47(48,49)50)38(32)43(40(28)56-6)58-24-31-17-13-10-14-18-31/h9-19,21,34-36,39,53H,20,22-27H2,1-8H3/t34?,35-,36-,39-/m0/s1. The van der Waals surface area contributed by atoms with E-state index >= 15 is 4.79 Å². The normalized spacial score (nSPS) is 18.8. The molecule has 3 heterocycles. The first-order chi connectivity index (χ1) is 29.8. The molecule has 0 spiro atoms. The van der Waals surface area contributed by atoms with Crippen molar-refractivity contribution in [2.75, 3.05) is 33.7 Å². The average Bonchev–Trinajstić information content (AvgIpc) is 3.74. The Kier molecular flexibility index (Phi) is 13.8. The molecule has 1 saturated heterocycles. The van der Waals surface area contributed by atoms with Crippen LogP contribution in [0.25, 0.3) is 0 Å². The highest BCUT2D eigenvalue weighted by Crippen LogP contribution is 2.54. The Morgan fingerprint density at radius 2 is 1.54 bits per heavy atom. The van der Waals surface area contributed by atoms with E-state index in [0.717, 1.165) is 22.3 Å². The minimum absolute atomic E-state index is 0.0408. The molecular weight excluding hydrogens is 887 g/mol. The van der Waals surface area contributed by atoms with Gasteiger partial charge in [-0.3, -0.25) is 9.69 Å². The lowest BCUT2D eigenvalue weighted by molar-refractivity contribution is -0.159. The number of carbonyl (C=O) groups excluding carboxylic acids is 2. The van der Waals surface area contributed by atoms with Gasteiger partial charge in [0.2, 0.25) is 16.5 Å². The van der Waals surface area contributed by atoms with Crippen LogP contribution in [0.4, 0.5) is 4.79 Å². The molecule has 2 amide bonds. The van der Waals surface area contributed by atoms with E-state index in [4.69, 9.17) is 67.7 Å². The minimum atomic E-state index is -2.57. The molecule has 1 fully saturated rings. The van der Waals surface area contributed by atoms with Gasteiger partial charge in [-0.1, -0.05) is 122 Å². The summed E-state index contributed by atoms with van der Waals surface area (Å²) in [5, 5.41) is 11.4. The topological polar surface area (TPSA) is 125 Å². The van der Waals surface area contributed by atoms with Crippen LogP contribution in [0.15, 0.2) is 72.8 Å². The van der Waals surface area contributed by atoms with E-state index in [1.165, 1.54) is 4.90 Å². The van der Waals surface area contributed by atoms with Crippen molar-refractivity contribution in [1.82, 2.24) is 9.80 Å². The predicted octanol–water partition coefficient (Wildman–Crippen LogP) is 9.94. The van der Waals surface area contributed by atoms with Crippen molar-refractivity contribution in [3.8, 4) is 28.7 Å². The van der Waals surface area contributed by atoms with Crippen molar-refractivity contribution in [3.05, 3.63) is 112 Å². The third-order valence-electron chi connectivity index (χ3n) is 12.5. The number of methoxy groups -OCH3 is 1. The molecule has 63 heavy (non-hydrogen) atoms. The highest BCUT2D eigenvalue weighted by atomic mass is 35.6. The lowest BCUT2D eigenvalue weighted by Crippen LogP contribution is -2.69. The molecular formula is C47H55Cl3N2O10Si. The van der Waals surface area contributed by atoms with E-state index in [1.54, 1.807) is 18.1 Å². The van der Waals surface area contributed by atoms with Crippen LogP contribution in [0.1, 0.15) is 71.8 Å². The van der Waals surface area contributed by atoms with Gasteiger partial charge in [0.25, 0.3) is 0 Å². The van der Waals surface area contributed by atoms with Crippen molar-refractivity contribution in [2.24, 2.45) is 0 Å². The van der Waals surface area contributed by atoms with E-state index in [1.807, 2.05) is 80.6 Å². The number of amides is 2. The number of nitrogens with zero attached hydrogens (tertiary/aromatic N) is 2. The summed E-state index contributed by atoms with van der Waals surface area (Å²) in [6, 6.07) is 19.1. The third kappa shape index (κ3) is 9.55. The second-order valence-corrected chi connectivity index (χ2v) is 25.0. The van der Waals surface area contributed by atoms with E-state index in [0.29, 0.717) is 45.4 Å². The molecule has 16 heteroatoms. The quantitative estimate of drug-likeness (QED) is 0.0965. The number of ether oxygens (including phenoxy) is 6. The fourth-order valence-corrected chi connectivity index (χ4v) is 9.56. The summed E-state index contributed by atoms with van der Waals surface area (Å²) < 4.78 is 42.2. The Bertz CT molecular complexity index is 2310. The first-order valence-electron chi connectivity index (χ1n) is 20.9. The maximum absolute atomic E-state index is 15.6. The Morgan fingerprint density at radius 3 is 2.13 bits per heavy atom. The molecule has 3 aliphatic rings. The van der Waals surface area contributed by atoms with Gasteiger partial charge in [0, 0.05) is 23.1 Å². The summed E-state index contributed by atoms with van der Waals surface area (Å²) in [6.45, 7) is 13.6. The second kappa shape index (κ2) is 18.6. The number of benzene rings is 4. The van der Waals surface area contributed by atoms with E-state index < -0.39 is 61.5 Å². The van der Waals surface area contributed by atoms with Crippen molar-refractivity contribution < 1.29 is 47.5 Å². The first kappa shape index (κ1) is 46.6. The van der Waals surface area contributed by atoms with Crippen molar-refractivity contribution in [2.45, 2.75) is 100 Å². The van der Waals surface area contributed by atoms with Crippen LogP contribution < -0.4 is 23.7 Å². The molecule has 4 atom stereocenters. The van der Waals surface area contributed by atoms with Gasteiger partial charge >= 0.3 is 6.09 Å². The Morgan fingerprint density at radius 1 is 0.921 bits per heavy atom. The molecule has 3 aliphatic heterocycles. The fourth-order valence-electron chi connectivity index (χ4n) is 8.38. The lowest BCUT2D eigenvalue weighted by Gasteiger charge is -2.56. The predicted molar refractivity (Wildman–Crippen MR) is 244 cm³/mol. The van der Waals surface area contributed by atoms with Crippen LogP contribution in [0, 0.1) is 13.8 Å². The monoisotopic (exact) mass is 940 g/mol. The zero-order valence-corrected chi connectivity index (χ0v) is 40.1. The van der Waals surface area contributed by atoms with Crippen molar-refractivity contribution >= 4 is 55.1 Å². The smallest absolute Gasteiger partial charge is 0.411 e. The Labute approximate surface area is 385 Å². The molecule has 338 valence electrons. The fraction of sp³-hybridized carbons (Fsp3) is 0.447. The van der Waals surface area contributed by atoms with Crippen molar-refractivity contribution in [3.63, 3.8) is 0 Å². The SMILES string of the molecule is COc1c(C)cc2c(c1OCc1ccccc1)[C@@H]1[C@H](CO[Si](C)(C)C(C)(C)C)N([C@@H](CO)c3cc(OCc4ccccc4)c(C)c4c3OCO4)C(=O)C(C2)N1C(=O)OCC(Cl)(Cl)Cl. The number of aliphatic hydroxyl groups excluding tert-OH is 1. The van der Waals surface area contributed by atoms with Crippen LogP contribution >= 0.6 is 34.8 Å². The zero-order valence-electron chi connectivity index (χ0n) is 36.8. The van der Waals surface area contributed by atoms with Gasteiger partial charge in [0.1, 0.15) is 31.6 Å². The number of hydrogen-bond acceptors (Lipinski definition) is 10. The first-order valence-corrected chi connectivity index (χ1v) is 24.9. The van der Waals surface area contributed by atoms with Gasteiger partial charge in [-0.2, -0.15) is 0 Å². The largest absolute Gasteiger partial charge is 0.493 e. The molecule has 4 aromatic rings. The molecule has 0 aromatic heterocycles.